The second-order valence-electron chi connectivity index (χ2n) is 10.1. The second kappa shape index (κ2) is 12.1. The third-order valence-electron chi connectivity index (χ3n) is 4.82. The molecule has 1 rings (SSSR count). The maximum atomic E-state index is 12.2. The molecule has 0 aromatic carbocycles. The van der Waals surface area contributed by atoms with Crippen molar-refractivity contribution in [3.63, 3.8) is 0 Å². The molecule has 30 heavy (non-hydrogen) atoms. The lowest BCUT2D eigenvalue weighted by Crippen LogP contribution is -2.32. The van der Waals surface area contributed by atoms with Crippen LogP contribution in [0.25, 0.3) is 0 Å². The van der Waals surface area contributed by atoms with Crippen molar-refractivity contribution in [1.82, 2.24) is 0 Å². The molecule has 5 nitrogen and oxygen atoms in total. The van der Waals surface area contributed by atoms with Crippen LogP contribution in [-0.2, 0) is 23.2 Å². The molecule has 7 heteroatoms. The summed E-state index contributed by atoms with van der Waals surface area (Å²) in [6, 6.07) is 0. The maximum absolute atomic E-state index is 12.2. The Morgan fingerprint density at radius 3 is 2.23 bits per heavy atom. The lowest BCUT2D eigenvalue weighted by Gasteiger charge is -2.26. The molecular formula is C23H42O5Si2. The summed E-state index contributed by atoms with van der Waals surface area (Å²) in [7, 11) is -1.83. The van der Waals surface area contributed by atoms with Gasteiger partial charge in [0.05, 0.1) is 13.2 Å². The molecule has 0 spiro atoms. The van der Waals surface area contributed by atoms with Crippen molar-refractivity contribution in [2.75, 3.05) is 7.11 Å². The van der Waals surface area contributed by atoms with Crippen molar-refractivity contribution >= 4 is 28.4 Å². The zero-order valence-corrected chi connectivity index (χ0v) is 22.3. The molecule has 0 radical (unpaired) electrons. The van der Waals surface area contributed by atoms with Crippen molar-refractivity contribution in [3.8, 4) is 0 Å². The fraction of sp³-hybridized carbons (Fsp3) is 0.739. The van der Waals surface area contributed by atoms with Crippen LogP contribution < -0.4 is 0 Å². The Hall–Kier alpha value is -1.03. The smallest absolute Gasteiger partial charge is 0.305 e. The van der Waals surface area contributed by atoms with Crippen LogP contribution in [0, 0.1) is 0 Å². The number of methoxy groups -OCH3 is 1. The van der Waals surface area contributed by atoms with Gasteiger partial charge in [-0.25, -0.2) is 0 Å². The first-order chi connectivity index (χ1) is 13.8. The van der Waals surface area contributed by atoms with Gasteiger partial charge in [-0.3, -0.25) is 9.59 Å². The molecule has 172 valence electrons. The lowest BCUT2D eigenvalue weighted by molar-refractivity contribution is -0.140. The minimum Gasteiger partial charge on any atom is -0.469 e. The number of ether oxygens (including phenoxy) is 1. The fourth-order valence-electron chi connectivity index (χ4n) is 3.68. The summed E-state index contributed by atoms with van der Waals surface area (Å²) in [6.07, 6.45) is 9.47. The van der Waals surface area contributed by atoms with Gasteiger partial charge in [-0.05, 0) is 89.5 Å². The maximum Gasteiger partial charge on any atom is 0.305 e. The lowest BCUT2D eigenvalue weighted by atomic mass is 10.0. The van der Waals surface area contributed by atoms with E-state index >= 15 is 0 Å². The first kappa shape index (κ1) is 27.0. The summed E-state index contributed by atoms with van der Waals surface area (Å²) in [6.45, 7) is 15.4. The van der Waals surface area contributed by atoms with Crippen LogP contribution in [-0.4, -0.2) is 47.7 Å². The van der Waals surface area contributed by atoms with Crippen LogP contribution >= 0.6 is 0 Å². The number of hydrogen-bond acceptors (Lipinski definition) is 5. The fourth-order valence-corrected chi connectivity index (χ4v) is 6.11. The zero-order chi connectivity index (χ0) is 22.9. The third-order valence-corrected chi connectivity index (χ3v) is 6.94. The average molecular weight is 455 g/mol. The Bertz CT molecular complexity index is 641. The standard InChI is InChI=1S/C23H42O5Si2/c1-18(27-29(3,4)5)10-9-11-20(28-30(6,7)8)14-12-19-13-16-22(24)21(19)15-17-23(25)26-2/h12,14,18,20H,9-11,13,15-17H2,1-8H3/b14-12+. The number of ketones is 1. The monoisotopic (exact) mass is 454 g/mol. The second-order valence-corrected chi connectivity index (χ2v) is 19.0. The number of carbonyl (C=O) groups excluding carboxylic acids is 2. The number of rotatable bonds is 13. The molecule has 0 heterocycles. The molecule has 2 unspecified atom stereocenters. The van der Waals surface area contributed by atoms with Gasteiger partial charge in [0.2, 0.25) is 0 Å². The molecule has 0 aromatic heterocycles. The van der Waals surface area contributed by atoms with Gasteiger partial charge >= 0.3 is 5.97 Å². The van der Waals surface area contributed by atoms with E-state index in [0.717, 1.165) is 36.8 Å². The van der Waals surface area contributed by atoms with Gasteiger partial charge in [0.25, 0.3) is 0 Å². The summed E-state index contributed by atoms with van der Waals surface area (Å²) in [5, 5.41) is 0. The molecule has 2 atom stereocenters. The van der Waals surface area contributed by atoms with Crippen LogP contribution in [0.4, 0.5) is 0 Å². The molecule has 0 saturated carbocycles. The molecule has 1 aliphatic rings. The Morgan fingerprint density at radius 1 is 1.03 bits per heavy atom. The van der Waals surface area contributed by atoms with E-state index in [0.29, 0.717) is 12.8 Å². The van der Waals surface area contributed by atoms with E-state index in [9.17, 15) is 9.59 Å². The minimum atomic E-state index is -1.70. The molecule has 0 bridgehead atoms. The highest BCUT2D eigenvalue weighted by atomic mass is 28.4. The van der Waals surface area contributed by atoms with Crippen molar-refractivity contribution in [2.45, 2.75) is 103 Å². The third kappa shape index (κ3) is 11.4. The van der Waals surface area contributed by atoms with Gasteiger partial charge in [0.1, 0.15) is 0 Å². The highest BCUT2D eigenvalue weighted by Gasteiger charge is 2.24. The first-order valence-corrected chi connectivity index (χ1v) is 18.0. The molecule has 0 aliphatic heterocycles. The molecule has 0 saturated heterocycles. The van der Waals surface area contributed by atoms with Gasteiger partial charge in [-0.15, -0.1) is 0 Å². The Balaban J connectivity index is 2.77. The molecule has 0 N–H and O–H groups in total. The van der Waals surface area contributed by atoms with E-state index in [1.54, 1.807) is 0 Å². The van der Waals surface area contributed by atoms with Crippen LogP contribution in [0.2, 0.25) is 39.3 Å². The van der Waals surface area contributed by atoms with Crippen molar-refractivity contribution in [3.05, 3.63) is 23.3 Å². The van der Waals surface area contributed by atoms with Crippen LogP contribution in [0.5, 0.6) is 0 Å². The van der Waals surface area contributed by atoms with E-state index in [4.69, 9.17) is 13.6 Å². The summed E-state index contributed by atoms with van der Waals surface area (Å²) >= 11 is 0. The minimum absolute atomic E-state index is 0.0424. The first-order valence-electron chi connectivity index (χ1n) is 11.2. The number of carbonyl (C=O) groups is 2. The molecule has 0 amide bonds. The highest BCUT2D eigenvalue weighted by molar-refractivity contribution is 6.70. The Kier molecular flexibility index (Phi) is 10.9. The van der Waals surface area contributed by atoms with E-state index < -0.39 is 16.6 Å². The summed E-state index contributed by atoms with van der Waals surface area (Å²) < 4.78 is 17.3. The van der Waals surface area contributed by atoms with E-state index in [-0.39, 0.29) is 30.4 Å². The van der Waals surface area contributed by atoms with Crippen LogP contribution in [0.15, 0.2) is 23.3 Å². The number of esters is 1. The Labute approximate surface area is 185 Å². The quantitative estimate of drug-likeness (QED) is 0.260. The molecule has 1 aliphatic carbocycles. The van der Waals surface area contributed by atoms with Crippen molar-refractivity contribution in [1.29, 1.82) is 0 Å². The van der Waals surface area contributed by atoms with Gasteiger partial charge in [0, 0.05) is 18.9 Å². The zero-order valence-electron chi connectivity index (χ0n) is 20.3. The van der Waals surface area contributed by atoms with Gasteiger partial charge in [-0.1, -0.05) is 12.2 Å². The molecule has 0 aromatic rings. The predicted octanol–water partition coefficient (Wildman–Crippen LogP) is 5.79. The summed E-state index contributed by atoms with van der Waals surface area (Å²) in [4.78, 5) is 23.7. The van der Waals surface area contributed by atoms with Crippen LogP contribution in [0.3, 0.4) is 0 Å². The Morgan fingerprint density at radius 2 is 1.67 bits per heavy atom. The van der Waals surface area contributed by atoms with E-state index in [2.05, 4.69) is 58.4 Å². The summed E-state index contributed by atoms with van der Waals surface area (Å²) in [5.74, 6) is -0.126. The largest absolute Gasteiger partial charge is 0.469 e. The van der Waals surface area contributed by atoms with Crippen molar-refractivity contribution < 1.29 is 23.2 Å². The van der Waals surface area contributed by atoms with Crippen LogP contribution in [0.1, 0.15) is 51.9 Å². The molecular weight excluding hydrogens is 412 g/mol. The number of Topliss-reactive ketones (excluding diaryl/α,β-unsaturated/α-hetero) is 1. The molecule has 0 fully saturated rings. The topological polar surface area (TPSA) is 61.8 Å². The predicted molar refractivity (Wildman–Crippen MR) is 128 cm³/mol. The van der Waals surface area contributed by atoms with Gasteiger partial charge < -0.3 is 13.6 Å². The highest BCUT2D eigenvalue weighted by Crippen LogP contribution is 2.28. The van der Waals surface area contributed by atoms with Gasteiger partial charge in [-0.2, -0.15) is 0 Å². The van der Waals surface area contributed by atoms with E-state index in [1.165, 1.54) is 7.11 Å². The van der Waals surface area contributed by atoms with Crippen molar-refractivity contribution in [2.24, 2.45) is 0 Å². The number of allylic oxidation sites excluding steroid dienone is 3. The van der Waals surface area contributed by atoms with E-state index in [1.807, 2.05) is 0 Å². The average Bonchev–Trinajstić information content (AvgIpc) is 2.94. The number of hydrogen-bond donors (Lipinski definition) is 0. The van der Waals surface area contributed by atoms with Gasteiger partial charge in [0.15, 0.2) is 22.4 Å². The summed E-state index contributed by atoms with van der Waals surface area (Å²) in [5.41, 5.74) is 1.82. The SMILES string of the molecule is COC(=O)CCC1=C(/C=C/C(CCCC(C)O[Si](C)(C)C)O[Si](C)(C)C)CCC1=O. The normalized spacial score (nSPS) is 17.7.